The molecule has 0 fully saturated rings. The number of aliphatic hydroxyl groups is 2. The molecule has 0 saturated carbocycles. The summed E-state index contributed by atoms with van der Waals surface area (Å²) in [5.74, 6) is -2.90. The van der Waals surface area contributed by atoms with Gasteiger partial charge in [0.15, 0.2) is 6.10 Å². The van der Waals surface area contributed by atoms with Crippen LogP contribution >= 0.6 is 0 Å². The first-order valence-corrected chi connectivity index (χ1v) is 11.8. The number of rotatable bonds is 21. The van der Waals surface area contributed by atoms with Crippen molar-refractivity contribution >= 4 is 17.9 Å². The van der Waals surface area contributed by atoms with E-state index in [9.17, 15) is 24.6 Å². The molecule has 1 unspecified atom stereocenters. The van der Waals surface area contributed by atoms with Gasteiger partial charge in [0, 0.05) is 6.42 Å². The van der Waals surface area contributed by atoms with Crippen LogP contribution in [0.1, 0.15) is 103 Å². The number of carbonyl (C=O) groups is 3. The SMILES string of the molecule is CCCCCCCCCCCCCCCC(=O)OCC(O)COC(=O)[C@@H](O)CC(=O)O. The van der Waals surface area contributed by atoms with Gasteiger partial charge in [0.2, 0.25) is 0 Å². The zero-order valence-electron chi connectivity index (χ0n) is 19.1. The van der Waals surface area contributed by atoms with Gasteiger partial charge in [0.1, 0.15) is 19.3 Å². The molecule has 0 aliphatic heterocycles. The monoisotopic (exact) mass is 446 g/mol. The van der Waals surface area contributed by atoms with Crippen LogP contribution < -0.4 is 0 Å². The van der Waals surface area contributed by atoms with E-state index >= 15 is 0 Å². The summed E-state index contributed by atoms with van der Waals surface area (Å²) in [5, 5.41) is 27.4. The first-order chi connectivity index (χ1) is 14.9. The van der Waals surface area contributed by atoms with Crippen molar-refractivity contribution in [1.82, 2.24) is 0 Å². The maximum absolute atomic E-state index is 11.7. The van der Waals surface area contributed by atoms with Crippen LogP contribution in [-0.2, 0) is 23.9 Å². The summed E-state index contributed by atoms with van der Waals surface area (Å²) in [6.07, 6.45) is 12.4. The number of carbonyl (C=O) groups excluding carboxylic acids is 2. The third-order valence-electron chi connectivity index (χ3n) is 4.98. The molecule has 31 heavy (non-hydrogen) atoms. The van der Waals surface area contributed by atoms with Crippen LogP contribution in [0.2, 0.25) is 0 Å². The van der Waals surface area contributed by atoms with Crippen molar-refractivity contribution in [3.05, 3.63) is 0 Å². The topological polar surface area (TPSA) is 130 Å². The van der Waals surface area contributed by atoms with Gasteiger partial charge < -0.3 is 24.8 Å². The van der Waals surface area contributed by atoms with Crippen molar-refractivity contribution in [2.75, 3.05) is 13.2 Å². The normalized spacial score (nSPS) is 12.9. The number of hydrogen-bond acceptors (Lipinski definition) is 7. The number of unbranched alkanes of at least 4 members (excludes halogenated alkanes) is 12. The molecule has 0 aromatic carbocycles. The van der Waals surface area contributed by atoms with Crippen LogP contribution in [0.4, 0.5) is 0 Å². The molecule has 0 aliphatic carbocycles. The van der Waals surface area contributed by atoms with Crippen molar-refractivity contribution in [3.63, 3.8) is 0 Å². The molecule has 0 saturated heterocycles. The van der Waals surface area contributed by atoms with Crippen LogP contribution in [0, 0.1) is 0 Å². The summed E-state index contributed by atoms with van der Waals surface area (Å²) in [6.45, 7) is 1.43. The minimum absolute atomic E-state index is 0.279. The third-order valence-corrected chi connectivity index (χ3v) is 4.98. The van der Waals surface area contributed by atoms with E-state index in [-0.39, 0.29) is 13.0 Å². The van der Waals surface area contributed by atoms with Gasteiger partial charge in [-0.1, -0.05) is 84.0 Å². The molecule has 0 aromatic rings. The first-order valence-electron chi connectivity index (χ1n) is 11.8. The number of esters is 2. The summed E-state index contributed by atoms with van der Waals surface area (Å²) >= 11 is 0. The Morgan fingerprint density at radius 1 is 0.710 bits per heavy atom. The number of aliphatic hydroxyl groups excluding tert-OH is 2. The van der Waals surface area contributed by atoms with E-state index in [1.807, 2.05) is 0 Å². The van der Waals surface area contributed by atoms with E-state index in [0.717, 1.165) is 19.3 Å². The number of carboxylic acid groups (broad SMARTS) is 1. The molecule has 0 aliphatic rings. The predicted molar refractivity (Wildman–Crippen MR) is 116 cm³/mol. The standard InChI is InChI=1S/C23H42O8/c1-2-3-4-5-6-7-8-9-10-11-12-13-14-15-22(28)30-17-19(24)18-31-23(29)20(25)16-21(26)27/h19-20,24-25H,2-18H2,1H3,(H,26,27)/t19?,20-/m0/s1. The summed E-state index contributed by atoms with van der Waals surface area (Å²) in [4.78, 5) is 33.4. The highest BCUT2D eigenvalue weighted by atomic mass is 16.6. The average Bonchev–Trinajstić information content (AvgIpc) is 2.73. The molecule has 0 spiro atoms. The summed E-state index contributed by atoms with van der Waals surface area (Å²) in [5.41, 5.74) is 0. The highest BCUT2D eigenvalue weighted by molar-refractivity contribution is 5.80. The Labute approximate surface area is 186 Å². The van der Waals surface area contributed by atoms with Crippen LogP contribution in [0.25, 0.3) is 0 Å². The number of ether oxygens (including phenoxy) is 2. The Morgan fingerprint density at radius 2 is 1.16 bits per heavy atom. The van der Waals surface area contributed by atoms with Crippen LogP contribution in [0.3, 0.4) is 0 Å². The largest absolute Gasteiger partial charge is 0.481 e. The molecular formula is C23H42O8. The van der Waals surface area contributed by atoms with Gasteiger partial charge >= 0.3 is 17.9 Å². The number of carboxylic acids is 1. The lowest BCUT2D eigenvalue weighted by atomic mass is 10.0. The second-order valence-corrected chi connectivity index (χ2v) is 8.07. The second-order valence-electron chi connectivity index (χ2n) is 8.07. The fraction of sp³-hybridized carbons (Fsp3) is 0.870. The van der Waals surface area contributed by atoms with Gasteiger partial charge in [0.05, 0.1) is 6.42 Å². The van der Waals surface area contributed by atoms with E-state index in [4.69, 9.17) is 9.84 Å². The molecule has 8 heteroatoms. The lowest BCUT2D eigenvalue weighted by molar-refractivity contribution is -0.162. The van der Waals surface area contributed by atoms with Crippen LogP contribution in [0.5, 0.6) is 0 Å². The zero-order chi connectivity index (χ0) is 23.3. The molecular weight excluding hydrogens is 404 g/mol. The average molecular weight is 447 g/mol. The minimum Gasteiger partial charge on any atom is -0.481 e. The molecule has 8 nitrogen and oxygen atoms in total. The van der Waals surface area contributed by atoms with Crippen molar-refractivity contribution < 1.29 is 39.2 Å². The predicted octanol–water partition coefficient (Wildman–Crippen LogP) is 3.75. The quantitative estimate of drug-likeness (QED) is 0.179. The number of hydrogen-bond donors (Lipinski definition) is 3. The molecule has 182 valence electrons. The molecule has 0 radical (unpaired) electrons. The van der Waals surface area contributed by atoms with E-state index in [1.165, 1.54) is 64.2 Å². The Hall–Kier alpha value is -1.67. The summed E-state index contributed by atoms with van der Waals surface area (Å²) < 4.78 is 9.52. The smallest absolute Gasteiger partial charge is 0.335 e. The molecule has 0 aromatic heterocycles. The Balaban J connectivity index is 3.49. The zero-order valence-corrected chi connectivity index (χ0v) is 19.1. The summed E-state index contributed by atoms with van der Waals surface area (Å²) in [6, 6.07) is 0. The van der Waals surface area contributed by atoms with Crippen molar-refractivity contribution in [2.24, 2.45) is 0 Å². The van der Waals surface area contributed by atoms with Crippen LogP contribution in [-0.4, -0.2) is 58.6 Å². The van der Waals surface area contributed by atoms with Crippen molar-refractivity contribution in [1.29, 1.82) is 0 Å². The van der Waals surface area contributed by atoms with E-state index in [1.54, 1.807) is 0 Å². The lowest BCUT2D eigenvalue weighted by Crippen LogP contribution is -2.31. The molecule has 3 N–H and O–H groups in total. The van der Waals surface area contributed by atoms with Crippen molar-refractivity contribution in [2.45, 2.75) is 115 Å². The van der Waals surface area contributed by atoms with Gasteiger partial charge in [-0.3, -0.25) is 9.59 Å². The molecule has 0 rings (SSSR count). The van der Waals surface area contributed by atoms with E-state index in [0.29, 0.717) is 0 Å². The maximum Gasteiger partial charge on any atom is 0.335 e. The lowest BCUT2D eigenvalue weighted by Gasteiger charge is -2.13. The molecule has 0 bridgehead atoms. The first kappa shape index (κ1) is 29.3. The van der Waals surface area contributed by atoms with Gasteiger partial charge in [-0.25, -0.2) is 4.79 Å². The van der Waals surface area contributed by atoms with E-state index < -0.39 is 43.1 Å². The van der Waals surface area contributed by atoms with Crippen molar-refractivity contribution in [3.8, 4) is 0 Å². The Kier molecular flexibility index (Phi) is 19.2. The Morgan fingerprint density at radius 3 is 1.65 bits per heavy atom. The molecule has 0 amide bonds. The highest BCUT2D eigenvalue weighted by Gasteiger charge is 2.21. The number of aliphatic carboxylic acids is 1. The van der Waals surface area contributed by atoms with Crippen LogP contribution in [0.15, 0.2) is 0 Å². The fourth-order valence-electron chi connectivity index (χ4n) is 3.12. The fourth-order valence-corrected chi connectivity index (χ4v) is 3.12. The van der Waals surface area contributed by atoms with E-state index in [2.05, 4.69) is 11.7 Å². The van der Waals surface area contributed by atoms with Gasteiger partial charge in [-0.05, 0) is 6.42 Å². The second kappa shape index (κ2) is 20.2. The van der Waals surface area contributed by atoms with Gasteiger partial charge in [-0.2, -0.15) is 0 Å². The Bertz CT molecular complexity index is 480. The molecule has 2 atom stereocenters. The van der Waals surface area contributed by atoms with Gasteiger partial charge in [0.25, 0.3) is 0 Å². The highest BCUT2D eigenvalue weighted by Crippen LogP contribution is 2.13. The molecule has 0 heterocycles. The van der Waals surface area contributed by atoms with Gasteiger partial charge in [-0.15, -0.1) is 0 Å². The third kappa shape index (κ3) is 20.0. The minimum atomic E-state index is -1.79. The maximum atomic E-state index is 11.7. The summed E-state index contributed by atoms with van der Waals surface area (Å²) in [7, 11) is 0.